The van der Waals surface area contributed by atoms with Crippen molar-refractivity contribution in [2.24, 2.45) is 5.92 Å². The lowest BCUT2D eigenvalue weighted by Gasteiger charge is -2.33. The predicted octanol–water partition coefficient (Wildman–Crippen LogP) is -0.00390. The van der Waals surface area contributed by atoms with Gasteiger partial charge in [-0.15, -0.1) is 0 Å². The van der Waals surface area contributed by atoms with E-state index in [1.165, 1.54) is 11.4 Å². The van der Waals surface area contributed by atoms with Crippen LogP contribution in [0, 0.1) is 5.92 Å². The number of aliphatic carboxylic acids is 1. The van der Waals surface area contributed by atoms with Gasteiger partial charge in [-0.2, -0.15) is 17.0 Å². The van der Waals surface area contributed by atoms with Gasteiger partial charge >= 0.3 is 5.97 Å². The van der Waals surface area contributed by atoms with E-state index in [2.05, 4.69) is 0 Å². The zero-order chi connectivity index (χ0) is 14.5. The molecule has 1 fully saturated rings. The molecule has 0 spiro atoms. The second kappa shape index (κ2) is 7.18. The molecule has 0 amide bonds. The lowest BCUT2D eigenvalue weighted by molar-refractivity contribution is -0.137. The zero-order valence-electron chi connectivity index (χ0n) is 11.4. The number of piperidine rings is 1. The molecule has 0 radical (unpaired) electrons. The average Bonchev–Trinajstić information content (AvgIpc) is 2.34. The fourth-order valence-electron chi connectivity index (χ4n) is 2.14. The van der Waals surface area contributed by atoms with E-state index in [1.54, 1.807) is 0 Å². The van der Waals surface area contributed by atoms with E-state index in [4.69, 9.17) is 9.84 Å². The lowest BCUT2D eigenvalue weighted by Crippen LogP contribution is -2.49. The fourth-order valence-corrected chi connectivity index (χ4v) is 3.85. The zero-order valence-corrected chi connectivity index (χ0v) is 12.2. The smallest absolute Gasteiger partial charge is 0.318 e. The van der Waals surface area contributed by atoms with Crippen LogP contribution in [0.4, 0.5) is 0 Å². The standard InChI is InChI=1S/C11H22N2O5S/c1-10-4-3-5-12(8-10)19(16,17)13(6-7-18-2)9-11(14)15/h10H,3-9H2,1-2H3,(H,14,15). The van der Waals surface area contributed by atoms with Crippen molar-refractivity contribution in [3.05, 3.63) is 0 Å². The molecule has 0 aromatic rings. The maximum Gasteiger partial charge on any atom is 0.318 e. The largest absolute Gasteiger partial charge is 0.480 e. The minimum atomic E-state index is -3.72. The van der Waals surface area contributed by atoms with Crippen LogP contribution in [0.5, 0.6) is 0 Å². The number of methoxy groups -OCH3 is 1. The Morgan fingerprint density at radius 2 is 2.21 bits per heavy atom. The number of nitrogens with zero attached hydrogens (tertiary/aromatic N) is 2. The molecule has 19 heavy (non-hydrogen) atoms. The minimum absolute atomic E-state index is 0.0516. The highest BCUT2D eigenvalue weighted by Gasteiger charge is 2.33. The van der Waals surface area contributed by atoms with Gasteiger partial charge in [0.1, 0.15) is 6.54 Å². The van der Waals surface area contributed by atoms with E-state index in [0.717, 1.165) is 17.1 Å². The van der Waals surface area contributed by atoms with E-state index in [-0.39, 0.29) is 13.2 Å². The van der Waals surface area contributed by atoms with E-state index >= 15 is 0 Å². The van der Waals surface area contributed by atoms with E-state index in [0.29, 0.717) is 19.0 Å². The Morgan fingerprint density at radius 3 is 2.74 bits per heavy atom. The van der Waals surface area contributed by atoms with Gasteiger partial charge in [0.25, 0.3) is 10.2 Å². The second-order valence-corrected chi connectivity index (χ2v) is 6.76. The highest BCUT2D eigenvalue weighted by atomic mass is 32.2. The van der Waals surface area contributed by atoms with Crippen LogP contribution in [0.25, 0.3) is 0 Å². The maximum atomic E-state index is 12.4. The molecule has 8 heteroatoms. The summed E-state index contributed by atoms with van der Waals surface area (Å²) >= 11 is 0. The average molecular weight is 294 g/mol. The number of hydrogen-bond acceptors (Lipinski definition) is 4. The summed E-state index contributed by atoms with van der Waals surface area (Å²) in [4.78, 5) is 10.8. The van der Waals surface area contributed by atoms with Gasteiger partial charge in [-0.1, -0.05) is 6.92 Å². The van der Waals surface area contributed by atoms with Crippen molar-refractivity contribution < 1.29 is 23.1 Å². The monoisotopic (exact) mass is 294 g/mol. The first-order valence-electron chi connectivity index (χ1n) is 6.34. The highest BCUT2D eigenvalue weighted by molar-refractivity contribution is 7.86. The van der Waals surface area contributed by atoms with E-state index in [9.17, 15) is 13.2 Å². The Bertz CT molecular complexity index is 398. The third-order valence-electron chi connectivity index (χ3n) is 3.13. The molecule has 1 atom stereocenters. The summed E-state index contributed by atoms with van der Waals surface area (Å²) in [6.45, 7) is 2.60. The summed E-state index contributed by atoms with van der Waals surface area (Å²) in [7, 11) is -2.27. The molecule has 1 aliphatic heterocycles. The van der Waals surface area contributed by atoms with Crippen LogP contribution in [-0.2, 0) is 19.7 Å². The van der Waals surface area contributed by atoms with Crippen LogP contribution >= 0.6 is 0 Å². The summed E-state index contributed by atoms with van der Waals surface area (Å²) in [6.07, 6.45) is 1.81. The van der Waals surface area contributed by atoms with Crippen molar-refractivity contribution in [1.29, 1.82) is 0 Å². The molecule has 1 rings (SSSR count). The molecule has 1 heterocycles. The van der Waals surface area contributed by atoms with Crippen LogP contribution < -0.4 is 0 Å². The molecule has 0 aromatic carbocycles. The summed E-state index contributed by atoms with van der Waals surface area (Å²) in [6, 6.07) is 0. The van der Waals surface area contributed by atoms with Crippen molar-refractivity contribution in [1.82, 2.24) is 8.61 Å². The Morgan fingerprint density at radius 1 is 1.53 bits per heavy atom. The van der Waals surface area contributed by atoms with Gasteiger partial charge in [-0.25, -0.2) is 0 Å². The summed E-state index contributed by atoms with van der Waals surface area (Å²) in [5.41, 5.74) is 0. The van der Waals surface area contributed by atoms with E-state index < -0.39 is 22.7 Å². The van der Waals surface area contributed by atoms with E-state index in [1.807, 2.05) is 6.92 Å². The highest BCUT2D eigenvalue weighted by Crippen LogP contribution is 2.20. The van der Waals surface area contributed by atoms with Crippen molar-refractivity contribution in [2.45, 2.75) is 19.8 Å². The summed E-state index contributed by atoms with van der Waals surface area (Å²) < 4.78 is 32.0. The molecule has 0 aliphatic carbocycles. The number of carboxylic acid groups (broad SMARTS) is 1. The minimum Gasteiger partial charge on any atom is -0.480 e. The molecular weight excluding hydrogens is 272 g/mol. The molecule has 1 unspecified atom stereocenters. The first kappa shape index (κ1) is 16.4. The third-order valence-corrected chi connectivity index (χ3v) is 5.08. The van der Waals surface area contributed by atoms with Crippen LogP contribution in [0.15, 0.2) is 0 Å². The fraction of sp³-hybridized carbons (Fsp3) is 0.909. The molecule has 0 saturated carbocycles. The summed E-state index contributed by atoms with van der Waals surface area (Å²) in [5.74, 6) is -0.859. The molecule has 1 aliphatic rings. The molecule has 7 nitrogen and oxygen atoms in total. The Hall–Kier alpha value is -0.700. The molecule has 0 aromatic heterocycles. The van der Waals surface area contributed by atoms with Crippen LogP contribution in [0.3, 0.4) is 0 Å². The van der Waals surface area contributed by atoms with Crippen molar-refractivity contribution >= 4 is 16.2 Å². The van der Waals surface area contributed by atoms with Gasteiger partial charge in [0.2, 0.25) is 0 Å². The number of ether oxygens (including phenoxy) is 1. The quantitative estimate of drug-likeness (QED) is 0.714. The predicted molar refractivity (Wildman–Crippen MR) is 70.0 cm³/mol. The van der Waals surface area contributed by atoms with Crippen molar-refractivity contribution in [2.75, 3.05) is 39.9 Å². The van der Waals surface area contributed by atoms with Gasteiger partial charge in [-0.3, -0.25) is 4.79 Å². The van der Waals surface area contributed by atoms with Crippen LogP contribution in [-0.4, -0.2) is 68.0 Å². The number of rotatable bonds is 7. The van der Waals surface area contributed by atoms with Gasteiger partial charge < -0.3 is 9.84 Å². The Kier molecular flexibility index (Phi) is 6.18. The summed E-state index contributed by atoms with van der Waals surface area (Å²) in [5, 5.41) is 8.83. The molecule has 0 bridgehead atoms. The normalized spacial score (nSPS) is 21.7. The van der Waals surface area contributed by atoms with Gasteiger partial charge in [0.15, 0.2) is 0 Å². The topological polar surface area (TPSA) is 87.1 Å². The number of carboxylic acids is 1. The Balaban J connectivity index is 2.81. The molecule has 1 saturated heterocycles. The van der Waals surface area contributed by atoms with Crippen molar-refractivity contribution in [3.8, 4) is 0 Å². The molecular formula is C11H22N2O5S. The van der Waals surface area contributed by atoms with Gasteiger partial charge in [0.05, 0.1) is 6.61 Å². The first-order chi connectivity index (χ1) is 8.87. The second-order valence-electron chi connectivity index (χ2n) is 4.83. The van der Waals surface area contributed by atoms with Gasteiger partial charge in [-0.05, 0) is 18.8 Å². The molecule has 1 N–H and O–H groups in total. The number of hydrogen-bond donors (Lipinski definition) is 1. The first-order valence-corrected chi connectivity index (χ1v) is 7.73. The van der Waals surface area contributed by atoms with Crippen LogP contribution in [0.1, 0.15) is 19.8 Å². The maximum absolute atomic E-state index is 12.4. The van der Waals surface area contributed by atoms with Crippen LogP contribution in [0.2, 0.25) is 0 Å². The Labute approximate surface area is 114 Å². The van der Waals surface area contributed by atoms with Gasteiger partial charge in [0, 0.05) is 26.7 Å². The van der Waals surface area contributed by atoms with Crippen molar-refractivity contribution in [3.63, 3.8) is 0 Å². The SMILES string of the molecule is COCCN(CC(=O)O)S(=O)(=O)N1CCCC(C)C1. The third kappa shape index (κ3) is 4.72. The molecule has 112 valence electrons. The number of carbonyl (C=O) groups is 1. The lowest BCUT2D eigenvalue weighted by atomic mass is 10.0.